The predicted octanol–water partition coefficient (Wildman–Crippen LogP) is 3.48. The monoisotopic (exact) mass is 359 g/mol. The smallest absolute Gasteiger partial charge is 0.426 e. The van der Waals surface area contributed by atoms with E-state index in [4.69, 9.17) is 0 Å². The van der Waals surface area contributed by atoms with Gasteiger partial charge in [-0.05, 0) is 24.3 Å². The van der Waals surface area contributed by atoms with Crippen LogP contribution in [0, 0.1) is 0 Å². The fourth-order valence-corrected chi connectivity index (χ4v) is 1.57. The number of rotatable bonds is 4. The van der Waals surface area contributed by atoms with Crippen molar-refractivity contribution in [2.24, 2.45) is 0 Å². The molecule has 0 unspecified atom stereocenters. The number of benzene rings is 1. The Kier molecular flexibility index (Phi) is 4.52. The molecule has 126 valence electrons. The van der Waals surface area contributed by atoms with Crippen molar-refractivity contribution >= 4 is 15.7 Å². The zero-order chi connectivity index (χ0) is 17.4. The van der Waals surface area contributed by atoms with Crippen LogP contribution >= 0.6 is 0 Å². The summed E-state index contributed by atoms with van der Waals surface area (Å²) in [4.78, 5) is 0. The van der Waals surface area contributed by atoms with Gasteiger partial charge in [-0.1, -0.05) is 0 Å². The molecular weight excluding hydrogens is 354 g/mol. The molecule has 0 aliphatic heterocycles. The molecule has 0 aromatic heterocycles. The molecule has 0 bridgehead atoms. The molecule has 0 saturated carbocycles. The van der Waals surface area contributed by atoms with Crippen LogP contribution in [0.25, 0.3) is 0 Å². The number of anilines is 1. The van der Waals surface area contributed by atoms with Gasteiger partial charge >= 0.3 is 27.8 Å². The zero-order valence-electron chi connectivity index (χ0n) is 9.97. The van der Waals surface area contributed by atoms with Gasteiger partial charge in [0.05, 0.1) is 0 Å². The van der Waals surface area contributed by atoms with E-state index < -0.39 is 39.3 Å². The molecular formula is C9H5F8NO3S. The highest BCUT2D eigenvalue weighted by atomic mass is 32.2. The first kappa shape index (κ1) is 18.3. The Bertz CT molecular complexity index is 620. The van der Waals surface area contributed by atoms with Crippen LogP contribution in [0.5, 0.6) is 5.75 Å². The maximum absolute atomic E-state index is 12.5. The van der Waals surface area contributed by atoms with Crippen molar-refractivity contribution in [3.63, 3.8) is 0 Å². The predicted molar refractivity (Wildman–Crippen MR) is 56.7 cm³/mol. The minimum absolute atomic E-state index is 0.438. The Hall–Kier alpha value is -1.79. The first-order chi connectivity index (χ1) is 9.66. The lowest BCUT2D eigenvalue weighted by Gasteiger charge is -2.20. The van der Waals surface area contributed by atoms with Crippen LogP contribution < -0.4 is 9.46 Å². The van der Waals surface area contributed by atoms with E-state index in [1.54, 1.807) is 0 Å². The Labute approximate surface area is 117 Å². The molecule has 0 aliphatic rings. The van der Waals surface area contributed by atoms with Crippen molar-refractivity contribution in [1.29, 1.82) is 0 Å². The fraction of sp³-hybridized carbons (Fsp3) is 0.333. The molecule has 1 aromatic rings. The molecule has 1 N–H and O–H groups in total. The normalized spacial score (nSPS) is 13.8. The lowest BCUT2D eigenvalue weighted by atomic mass is 10.3. The third-order valence-corrected chi connectivity index (χ3v) is 3.10. The summed E-state index contributed by atoms with van der Waals surface area (Å²) >= 11 is 0. The van der Waals surface area contributed by atoms with Crippen molar-refractivity contribution in [2.75, 3.05) is 4.72 Å². The number of hydrogen-bond acceptors (Lipinski definition) is 3. The first-order valence-electron chi connectivity index (χ1n) is 4.98. The van der Waals surface area contributed by atoms with E-state index in [9.17, 15) is 43.5 Å². The number of alkyl halides is 8. The van der Waals surface area contributed by atoms with Gasteiger partial charge < -0.3 is 4.74 Å². The highest BCUT2D eigenvalue weighted by molar-refractivity contribution is 7.93. The van der Waals surface area contributed by atoms with Gasteiger partial charge in [0.15, 0.2) is 0 Å². The average Bonchev–Trinajstić information content (AvgIpc) is 2.28. The first-order valence-corrected chi connectivity index (χ1v) is 6.47. The fourth-order valence-electron chi connectivity index (χ4n) is 1.01. The summed E-state index contributed by atoms with van der Waals surface area (Å²) in [6.07, 6.45) is -11.5. The van der Waals surface area contributed by atoms with Gasteiger partial charge in [-0.15, -0.1) is 0 Å². The van der Waals surface area contributed by atoms with E-state index in [-0.39, 0.29) is 0 Å². The minimum atomic E-state index is -6.00. The van der Waals surface area contributed by atoms with Gasteiger partial charge in [0.2, 0.25) is 0 Å². The quantitative estimate of drug-likeness (QED) is 0.838. The topological polar surface area (TPSA) is 55.4 Å². The lowest BCUT2D eigenvalue weighted by molar-refractivity contribution is -0.360. The second-order valence-corrected chi connectivity index (χ2v) is 5.37. The van der Waals surface area contributed by atoms with Gasteiger partial charge in [0.25, 0.3) is 0 Å². The molecule has 0 saturated heterocycles. The minimum Gasteiger partial charge on any atom is -0.426 e. The van der Waals surface area contributed by atoms with E-state index >= 15 is 0 Å². The SMILES string of the molecule is O=S(=O)(Nc1ccc(OC(F)(F)C(F)(F)F)cc1)C(F)(F)F. The Balaban J connectivity index is 2.89. The molecule has 1 rings (SSSR count). The van der Waals surface area contributed by atoms with Crippen LogP contribution in [-0.2, 0) is 10.0 Å². The van der Waals surface area contributed by atoms with Crippen molar-refractivity contribution < 1.29 is 48.3 Å². The number of nitrogens with one attached hydrogen (secondary N) is 1. The van der Waals surface area contributed by atoms with Gasteiger partial charge in [-0.3, -0.25) is 4.72 Å². The standard InChI is InChI=1S/C9H5F8NO3S/c10-7(11,12)8(13,14)21-6-3-1-5(2-4-6)18-22(19,20)9(15,16)17/h1-4,18H. The van der Waals surface area contributed by atoms with Crippen molar-refractivity contribution in [3.8, 4) is 5.75 Å². The molecule has 4 nitrogen and oxygen atoms in total. The number of hydrogen-bond donors (Lipinski definition) is 1. The van der Waals surface area contributed by atoms with E-state index in [1.807, 2.05) is 0 Å². The highest BCUT2D eigenvalue weighted by Gasteiger charge is 2.61. The maximum Gasteiger partial charge on any atom is 0.516 e. The molecule has 1 aromatic carbocycles. The number of ether oxygens (including phenoxy) is 1. The molecule has 0 atom stereocenters. The van der Waals surface area contributed by atoms with E-state index in [2.05, 4.69) is 4.74 Å². The Morgan fingerprint density at radius 2 is 1.32 bits per heavy atom. The van der Waals surface area contributed by atoms with Gasteiger partial charge in [0, 0.05) is 5.69 Å². The second kappa shape index (κ2) is 5.44. The molecule has 0 amide bonds. The summed E-state index contributed by atoms with van der Waals surface area (Å²) in [5.41, 5.74) is -6.33. The van der Waals surface area contributed by atoms with Crippen LogP contribution in [-0.4, -0.2) is 26.2 Å². The molecule has 0 aliphatic carbocycles. The molecule has 0 radical (unpaired) electrons. The number of halogens is 8. The van der Waals surface area contributed by atoms with Crippen LogP contribution in [0.1, 0.15) is 0 Å². The van der Waals surface area contributed by atoms with Crippen molar-refractivity contribution in [3.05, 3.63) is 24.3 Å². The summed E-state index contributed by atoms with van der Waals surface area (Å²) in [7, 11) is -5.74. The van der Waals surface area contributed by atoms with Gasteiger partial charge in [-0.25, -0.2) is 0 Å². The number of sulfonamides is 1. The molecule has 0 heterocycles. The maximum atomic E-state index is 12.5. The summed E-state index contributed by atoms with van der Waals surface area (Å²) in [6.45, 7) is 0. The van der Waals surface area contributed by atoms with E-state index in [0.29, 0.717) is 24.3 Å². The van der Waals surface area contributed by atoms with Crippen molar-refractivity contribution in [2.45, 2.75) is 17.8 Å². The largest absolute Gasteiger partial charge is 0.516 e. The zero-order valence-corrected chi connectivity index (χ0v) is 10.8. The summed E-state index contributed by atoms with van der Waals surface area (Å²) in [6, 6.07) is 1.91. The van der Waals surface area contributed by atoms with E-state index in [0.717, 1.165) is 4.72 Å². The van der Waals surface area contributed by atoms with Crippen molar-refractivity contribution in [1.82, 2.24) is 0 Å². The second-order valence-electron chi connectivity index (χ2n) is 3.69. The lowest BCUT2D eigenvalue weighted by Crippen LogP contribution is -2.41. The summed E-state index contributed by atoms with van der Waals surface area (Å²) in [5, 5.41) is 0. The summed E-state index contributed by atoms with van der Waals surface area (Å²) < 4.78 is 123. The van der Waals surface area contributed by atoms with Gasteiger partial charge in [-0.2, -0.15) is 43.5 Å². The Morgan fingerprint density at radius 1 is 0.864 bits per heavy atom. The third-order valence-electron chi connectivity index (χ3n) is 1.99. The Morgan fingerprint density at radius 3 is 1.68 bits per heavy atom. The molecule has 22 heavy (non-hydrogen) atoms. The van der Waals surface area contributed by atoms with Gasteiger partial charge in [0.1, 0.15) is 5.75 Å². The summed E-state index contributed by atoms with van der Waals surface area (Å²) in [5.74, 6) is -1.03. The molecule has 0 fully saturated rings. The van der Waals surface area contributed by atoms with Crippen LogP contribution in [0.15, 0.2) is 24.3 Å². The van der Waals surface area contributed by atoms with Crippen LogP contribution in [0.3, 0.4) is 0 Å². The molecule has 0 spiro atoms. The van der Waals surface area contributed by atoms with E-state index in [1.165, 1.54) is 0 Å². The third kappa shape index (κ3) is 4.11. The van der Waals surface area contributed by atoms with Crippen LogP contribution in [0.4, 0.5) is 40.8 Å². The highest BCUT2D eigenvalue weighted by Crippen LogP contribution is 2.37. The average molecular weight is 359 g/mol. The van der Waals surface area contributed by atoms with Crippen LogP contribution in [0.2, 0.25) is 0 Å². The molecule has 13 heteroatoms.